The fraction of sp³-hybridized carbons (Fsp3) is 0.500. The van der Waals surface area contributed by atoms with E-state index in [1.165, 1.54) is 0 Å². The van der Waals surface area contributed by atoms with E-state index in [-0.39, 0.29) is 0 Å². The molecule has 0 aromatic rings. The summed E-state index contributed by atoms with van der Waals surface area (Å²) < 4.78 is 4.87. The van der Waals surface area contributed by atoms with Gasteiger partial charge in [-0.05, 0) is 6.92 Å². The molecule has 0 rings (SSSR count). The lowest BCUT2D eigenvalue weighted by molar-refractivity contribution is 0.227. The molecule has 0 saturated carbocycles. The van der Waals surface area contributed by atoms with Crippen molar-refractivity contribution in [3.05, 3.63) is 12.3 Å². The predicted octanol–water partition coefficient (Wildman–Crippen LogP) is 1.45. The maximum absolute atomic E-state index is 8.07. The molecule has 0 aromatic heterocycles. The largest absolute Gasteiger partial charge is 0.498 e. The zero-order valence-electron chi connectivity index (χ0n) is 4.98. The maximum Gasteiger partial charge on any atom is 0.103 e. The van der Waals surface area contributed by atoms with Gasteiger partial charge in [-0.1, -0.05) is 6.58 Å². The van der Waals surface area contributed by atoms with Gasteiger partial charge >= 0.3 is 0 Å². The highest BCUT2D eigenvalue weighted by molar-refractivity contribution is 4.92. The SMILES string of the molecule is C=C(CC#N)OCC. The van der Waals surface area contributed by atoms with Gasteiger partial charge in [0.05, 0.1) is 19.1 Å². The van der Waals surface area contributed by atoms with Crippen LogP contribution in [-0.4, -0.2) is 6.61 Å². The van der Waals surface area contributed by atoms with Crippen LogP contribution >= 0.6 is 0 Å². The quantitative estimate of drug-likeness (QED) is 0.516. The topological polar surface area (TPSA) is 33.0 Å². The molecule has 0 spiro atoms. The summed E-state index contributed by atoms with van der Waals surface area (Å²) in [5, 5.41) is 8.07. The Kier molecular flexibility index (Phi) is 3.69. The van der Waals surface area contributed by atoms with Gasteiger partial charge in [0.2, 0.25) is 0 Å². The number of rotatable bonds is 3. The van der Waals surface area contributed by atoms with Crippen molar-refractivity contribution in [1.82, 2.24) is 0 Å². The zero-order valence-corrected chi connectivity index (χ0v) is 4.98. The smallest absolute Gasteiger partial charge is 0.103 e. The molecule has 0 amide bonds. The molecule has 8 heavy (non-hydrogen) atoms. The third kappa shape index (κ3) is 3.23. The zero-order chi connectivity index (χ0) is 6.41. The molecule has 0 atom stereocenters. The fourth-order valence-corrected chi connectivity index (χ4v) is 0.343. The van der Waals surface area contributed by atoms with Crippen LogP contribution in [0.25, 0.3) is 0 Å². The lowest BCUT2D eigenvalue weighted by atomic mass is 10.4. The summed E-state index contributed by atoms with van der Waals surface area (Å²) in [5.41, 5.74) is 0. The first kappa shape index (κ1) is 7.03. The molecular weight excluding hydrogens is 102 g/mol. The second-order valence-corrected chi connectivity index (χ2v) is 1.31. The average Bonchev–Trinajstić information content (AvgIpc) is 1.68. The van der Waals surface area contributed by atoms with Gasteiger partial charge in [-0.2, -0.15) is 5.26 Å². The Morgan fingerprint density at radius 3 is 2.88 bits per heavy atom. The van der Waals surface area contributed by atoms with E-state index in [9.17, 15) is 0 Å². The summed E-state index contributed by atoms with van der Waals surface area (Å²) in [6.07, 6.45) is 0.299. The molecule has 0 aliphatic carbocycles. The molecule has 44 valence electrons. The molecule has 0 aliphatic heterocycles. The first-order valence-electron chi connectivity index (χ1n) is 2.48. The molecule has 0 bridgehead atoms. The number of nitriles is 1. The van der Waals surface area contributed by atoms with Gasteiger partial charge in [0.1, 0.15) is 5.76 Å². The van der Waals surface area contributed by atoms with Crippen LogP contribution in [0.5, 0.6) is 0 Å². The first-order valence-corrected chi connectivity index (χ1v) is 2.48. The molecule has 0 radical (unpaired) electrons. The van der Waals surface area contributed by atoms with Crippen LogP contribution in [0.15, 0.2) is 12.3 Å². The van der Waals surface area contributed by atoms with E-state index in [2.05, 4.69) is 6.58 Å². The van der Waals surface area contributed by atoms with Crippen LogP contribution in [-0.2, 0) is 4.74 Å². The monoisotopic (exact) mass is 111 g/mol. The van der Waals surface area contributed by atoms with Gasteiger partial charge < -0.3 is 4.74 Å². The fourth-order valence-electron chi connectivity index (χ4n) is 0.343. The van der Waals surface area contributed by atoms with Gasteiger partial charge in [0.15, 0.2) is 0 Å². The molecule has 0 aliphatic rings. The summed E-state index contributed by atoms with van der Waals surface area (Å²) in [5.74, 6) is 0.551. The van der Waals surface area contributed by atoms with Crippen molar-refractivity contribution in [3.8, 4) is 6.07 Å². The second-order valence-electron chi connectivity index (χ2n) is 1.31. The number of allylic oxidation sites excluding steroid dienone is 1. The van der Waals surface area contributed by atoms with Gasteiger partial charge in [-0.15, -0.1) is 0 Å². The van der Waals surface area contributed by atoms with E-state index >= 15 is 0 Å². The van der Waals surface area contributed by atoms with Crippen molar-refractivity contribution in [1.29, 1.82) is 5.26 Å². The number of hydrogen-bond acceptors (Lipinski definition) is 2. The molecule has 0 aromatic carbocycles. The van der Waals surface area contributed by atoms with Crippen LogP contribution in [0.2, 0.25) is 0 Å². The van der Waals surface area contributed by atoms with Crippen LogP contribution in [0.4, 0.5) is 0 Å². The van der Waals surface area contributed by atoms with Crippen molar-refractivity contribution in [2.24, 2.45) is 0 Å². The molecule has 2 nitrogen and oxygen atoms in total. The average molecular weight is 111 g/mol. The minimum absolute atomic E-state index is 0.299. The summed E-state index contributed by atoms with van der Waals surface area (Å²) in [6.45, 7) is 5.95. The van der Waals surface area contributed by atoms with Crippen molar-refractivity contribution >= 4 is 0 Å². The molecule has 0 unspecified atom stereocenters. The van der Waals surface area contributed by atoms with Crippen LogP contribution in [0, 0.1) is 11.3 Å². The molecular formula is C6H9NO. The van der Waals surface area contributed by atoms with Crippen LogP contribution < -0.4 is 0 Å². The normalized spacial score (nSPS) is 7.50. The minimum atomic E-state index is 0.299. The Morgan fingerprint density at radius 2 is 2.50 bits per heavy atom. The van der Waals surface area contributed by atoms with Gasteiger partial charge in [0, 0.05) is 0 Å². The van der Waals surface area contributed by atoms with E-state index < -0.39 is 0 Å². The first-order chi connectivity index (χ1) is 3.81. The van der Waals surface area contributed by atoms with E-state index in [4.69, 9.17) is 10.00 Å². The third-order valence-corrected chi connectivity index (χ3v) is 0.625. The van der Waals surface area contributed by atoms with Gasteiger partial charge in [-0.3, -0.25) is 0 Å². The predicted molar refractivity (Wildman–Crippen MR) is 31.0 cm³/mol. The minimum Gasteiger partial charge on any atom is -0.498 e. The van der Waals surface area contributed by atoms with Gasteiger partial charge in [-0.25, -0.2) is 0 Å². The van der Waals surface area contributed by atoms with E-state index in [1.807, 2.05) is 13.0 Å². The molecule has 0 heterocycles. The van der Waals surface area contributed by atoms with E-state index in [0.717, 1.165) is 0 Å². The standard InChI is InChI=1S/C6H9NO/c1-3-8-6(2)4-5-7/h2-4H2,1H3. The highest BCUT2D eigenvalue weighted by Gasteiger charge is 1.87. The molecule has 0 N–H and O–H groups in total. The van der Waals surface area contributed by atoms with Crippen molar-refractivity contribution in [2.45, 2.75) is 13.3 Å². The third-order valence-electron chi connectivity index (χ3n) is 0.625. The highest BCUT2D eigenvalue weighted by Crippen LogP contribution is 1.96. The van der Waals surface area contributed by atoms with Crippen LogP contribution in [0.3, 0.4) is 0 Å². The lowest BCUT2D eigenvalue weighted by Gasteiger charge is -1.98. The number of hydrogen-bond donors (Lipinski definition) is 0. The second kappa shape index (κ2) is 4.20. The molecule has 0 fully saturated rings. The Hall–Kier alpha value is -0.970. The van der Waals surface area contributed by atoms with Crippen LogP contribution in [0.1, 0.15) is 13.3 Å². The molecule has 2 heteroatoms. The summed E-state index contributed by atoms with van der Waals surface area (Å²) in [6, 6.07) is 1.93. The van der Waals surface area contributed by atoms with Gasteiger partial charge in [0.25, 0.3) is 0 Å². The number of nitrogens with zero attached hydrogens (tertiary/aromatic N) is 1. The Balaban J connectivity index is 3.23. The Labute approximate surface area is 49.4 Å². The summed E-state index contributed by atoms with van der Waals surface area (Å²) >= 11 is 0. The lowest BCUT2D eigenvalue weighted by Crippen LogP contribution is -1.86. The maximum atomic E-state index is 8.07. The summed E-state index contributed by atoms with van der Waals surface area (Å²) in [7, 11) is 0. The molecule has 0 saturated heterocycles. The number of ether oxygens (including phenoxy) is 1. The van der Waals surface area contributed by atoms with Crippen molar-refractivity contribution in [3.63, 3.8) is 0 Å². The van der Waals surface area contributed by atoms with E-state index in [1.54, 1.807) is 0 Å². The van der Waals surface area contributed by atoms with E-state index in [0.29, 0.717) is 18.8 Å². The van der Waals surface area contributed by atoms with Crippen molar-refractivity contribution in [2.75, 3.05) is 6.61 Å². The summed E-state index contributed by atoms with van der Waals surface area (Å²) in [4.78, 5) is 0. The Morgan fingerprint density at radius 1 is 1.88 bits per heavy atom. The Bertz CT molecular complexity index is 112. The highest BCUT2D eigenvalue weighted by atomic mass is 16.5. The van der Waals surface area contributed by atoms with Crippen molar-refractivity contribution < 1.29 is 4.74 Å².